The van der Waals surface area contributed by atoms with Gasteiger partial charge in [-0.2, -0.15) is 5.10 Å². The summed E-state index contributed by atoms with van der Waals surface area (Å²) in [6.07, 6.45) is 0.387. The Bertz CT molecular complexity index is 957. The molecule has 29 heavy (non-hydrogen) atoms. The summed E-state index contributed by atoms with van der Waals surface area (Å²) in [6.45, 7) is 0.554. The van der Waals surface area contributed by atoms with Crippen molar-refractivity contribution in [2.75, 3.05) is 7.05 Å². The van der Waals surface area contributed by atoms with Crippen molar-refractivity contribution < 1.29 is 17.9 Å². The van der Waals surface area contributed by atoms with Crippen LogP contribution in [-0.2, 0) is 13.1 Å². The van der Waals surface area contributed by atoms with Crippen LogP contribution in [0.5, 0.6) is 5.75 Å². The van der Waals surface area contributed by atoms with E-state index in [1.807, 2.05) is 12.1 Å². The van der Waals surface area contributed by atoms with Gasteiger partial charge >= 0.3 is 6.36 Å². The quantitative estimate of drug-likeness (QED) is 0.488. The van der Waals surface area contributed by atoms with Gasteiger partial charge in [-0.3, -0.25) is 4.99 Å². The molecule has 0 saturated heterocycles. The van der Waals surface area contributed by atoms with E-state index >= 15 is 0 Å². The third-order valence-electron chi connectivity index (χ3n) is 3.88. The van der Waals surface area contributed by atoms with Gasteiger partial charge in [-0.15, -0.1) is 13.2 Å². The molecular weight excluding hydrogens is 385 g/mol. The van der Waals surface area contributed by atoms with Crippen LogP contribution in [0.4, 0.5) is 13.2 Å². The van der Waals surface area contributed by atoms with Gasteiger partial charge in [-0.05, 0) is 29.8 Å². The van der Waals surface area contributed by atoms with E-state index in [1.165, 1.54) is 12.1 Å². The molecule has 0 atom stereocenters. The second-order valence-electron chi connectivity index (χ2n) is 5.91. The molecule has 0 aliphatic carbocycles. The first-order chi connectivity index (χ1) is 13.9. The highest BCUT2D eigenvalue weighted by molar-refractivity contribution is 5.79. The van der Waals surface area contributed by atoms with Crippen molar-refractivity contribution in [2.24, 2.45) is 4.99 Å². The number of hydrogen-bond acceptors (Lipinski definition) is 4. The van der Waals surface area contributed by atoms with Gasteiger partial charge in [-0.1, -0.05) is 18.2 Å². The number of alkyl halides is 3. The Kier molecular flexibility index (Phi) is 6.32. The molecule has 0 radical (unpaired) electrons. The zero-order chi connectivity index (χ0) is 20.7. The van der Waals surface area contributed by atoms with Crippen LogP contribution < -0.4 is 15.4 Å². The zero-order valence-corrected chi connectivity index (χ0v) is 15.5. The molecule has 0 aliphatic rings. The minimum absolute atomic E-state index is 0.112. The minimum Gasteiger partial charge on any atom is -0.405 e. The lowest BCUT2D eigenvalue weighted by molar-refractivity contribution is -0.274. The van der Waals surface area contributed by atoms with Gasteiger partial charge in [0.1, 0.15) is 5.75 Å². The lowest BCUT2D eigenvalue weighted by Crippen LogP contribution is -2.36. The van der Waals surface area contributed by atoms with Crippen molar-refractivity contribution in [3.8, 4) is 11.6 Å². The van der Waals surface area contributed by atoms with Crippen LogP contribution in [0.3, 0.4) is 0 Å². The number of halogens is 3. The number of aromatic nitrogens is 3. The first-order valence-corrected chi connectivity index (χ1v) is 8.68. The summed E-state index contributed by atoms with van der Waals surface area (Å²) >= 11 is 0. The molecular formula is C19H19F3N6O. The number of nitrogens with zero attached hydrogens (tertiary/aromatic N) is 4. The maximum atomic E-state index is 12.5. The number of rotatable bonds is 6. The summed E-state index contributed by atoms with van der Waals surface area (Å²) in [5, 5.41) is 10.2. The zero-order valence-electron chi connectivity index (χ0n) is 15.5. The minimum atomic E-state index is -4.75. The fraction of sp³-hybridized carbons (Fsp3) is 0.211. The second-order valence-corrected chi connectivity index (χ2v) is 5.91. The summed E-state index contributed by atoms with van der Waals surface area (Å²) in [7, 11) is 1.58. The number of aliphatic imine (C=N–C) groups is 1. The Labute approximate surface area is 165 Å². The molecule has 152 valence electrons. The van der Waals surface area contributed by atoms with E-state index in [0.717, 1.165) is 5.56 Å². The molecule has 10 heteroatoms. The molecule has 0 saturated carbocycles. The molecule has 0 spiro atoms. The summed E-state index contributed by atoms with van der Waals surface area (Å²) in [6, 6.07) is 11.5. The first-order valence-electron chi connectivity index (χ1n) is 8.68. The molecule has 3 rings (SSSR count). The molecule has 0 fully saturated rings. The van der Waals surface area contributed by atoms with Gasteiger partial charge < -0.3 is 15.4 Å². The number of hydrogen-bond donors (Lipinski definition) is 2. The summed E-state index contributed by atoms with van der Waals surface area (Å²) in [5.41, 5.74) is 1.30. The number of para-hydroxylation sites is 1. The van der Waals surface area contributed by atoms with Crippen molar-refractivity contribution in [1.82, 2.24) is 25.4 Å². The topological polar surface area (TPSA) is 76.4 Å². The highest BCUT2D eigenvalue weighted by Crippen LogP contribution is 2.26. The lowest BCUT2D eigenvalue weighted by Gasteiger charge is -2.15. The SMILES string of the molecule is CN=C(NCc1ccnc(-n2cccn2)c1)NCc1ccccc1OC(F)(F)F. The van der Waals surface area contributed by atoms with Gasteiger partial charge in [0, 0.05) is 44.3 Å². The Morgan fingerprint density at radius 2 is 1.90 bits per heavy atom. The van der Waals surface area contributed by atoms with Crippen molar-refractivity contribution in [3.05, 3.63) is 72.2 Å². The number of pyridine rings is 1. The molecule has 7 nitrogen and oxygen atoms in total. The predicted octanol–water partition coefficient (Wildman–Crippen LogP) is 3.03. The molecule has 3 aromatic rings. The van der Waals surface area contributed by atoms with E-state index in [1.54, 1.807) is 48.5 Å². The first kappa shape index (κ1) is 20.2. The van der Waals surface area contributed by atoms with Crippen molar-refractivity contribution >= 4 is 5.96 Å². The van der Waals surface area contributed by atoms with E-state index in [0.29, 0.717) is 23.9 Å². The largest absolute Gasteiger partial charge is 0.573 e. The van der Waals surface area contributed by atoms with Crippen LogP contribution >= 0.6 is 0 Å². The third-order valence-corrected chi connectivity index (χ3v) is 3.88. The maximum Gasteiger partial charge on any atom is 0.573 e. The Balaban J connectivity index is 1.59. The molecule has 1 aromatic carbocycles. The molecule has 2 aromatic heterocycles. The highest BCUT2D eigenvalue weighted by atomic mass is 19.4. The number of nitrogens with one attached hydrogen (secondary N) is 2. The number of guanidine groups is 1. The van der Waals surface area contributed by atoms with E-state index in [4.69, 9.17) is 0 Å². The molecule has 0 bridgehead atoms. The summed E-state index contributed by atoms with van der Waals surface area (Å²) in [4.78, 5) is 8.36. The van der Waals surface area contributed by atoms with E-state index in [-0.39, 0.29) is 12.3 Å². The Hall–Kier alpha value is -3.56. The monoisotopic (exact) mass is 404 g/mol. The van der Waals surface area contributed by atoms with Gasteiger partial charge in [0.25, 0.3) is 0 Å². The van der Waals surface area contributed by atoms with Gasteiger partial charge in [0.2, 0.25) is 0 Å². The average Bonchev–Trinajstić information content (AvgIpc) is 3.23. The van der Waals surface area contributed by atoms with Crippen LogP contribution in [0.1, 0.15) is 11.1 Å². The molecule has 0 unspecified atom stereocenters. The fourth-order valence-electron chi connectivity index (χ4n) is 2.56. The lowest BCUT2D eigenvalue weighted by atomic mass is 10.2. The van der Waals surface area contributed by atoms with Crippen molar-refractivity contribution in [1.29, 1.82) is 0 Å². The number of benzene rings is 1. The fourth-order valence-corrected chi connectivity index (χ4v) is 2.56. The Morgan fingerprint density at radius 3 is 2.62 bits per heavy atom. The van der Waals surface area contributed by atoms with Crippen LogP contribution in [-0.4, -0.2) is 34.1 Å². The van der Waals surface area contributed by atoms with Gasteiger partial charge in [-0.25, -0.2) is 9.67 Å². The van der Waals surface area contributed by atoms with Crippen molar-refractivity contribution in [2.45, 2.75) is 19.5 Å². The maximum absolute atomic E-state index is 12.5. The highest BCUT2D eigenvalue weighted by Gasteiger charge is 2.31. The Morgan fingerprint density at radius 1 is 1.10 bits per heavy atom. The molecule has 2 N–H and O–H groups in total. The van der Waals surface area contributed by atoms with E-state index in [9.17, 15) is 13.2 Å². The molecule has 0 aliphatic heterocycles. The van der Waals surface area contributed by atoms with Crippen molar-refractivity contribution in [3.63, 3.8) is 0 Å². The normalized spacial score (nSPS) is 11.9. The van der Waals surface area contributed by atoms with Crippen LogP contribution in [0.2, 0.25) is 0 Å². The summed E-state index contributed by atoms with van der Waals surface area (Å²) < 4.78 is 43.3. The molecule has 0 amide bonds. The predicted molar refractivity (Wildman–Crippen MR) is 102 cm³/mol. The average molecular weight is 404 g/mol. The smallest absolute Gasteiger partial charge is 0.405 e. The van der Waals surface area contributed by atoms with Crippen LogP contribution in [0, 0.1) is 0 Å². The number of ether oxygens (including phenoxy) is 1. The second kappa shape index (κ2) is 9.09. The van der Waals surface area contributed by atoms with E-state index in [2.05, 4.69) is 30.4 Å². The standard InChI is InChI=1S/C19H19F3N6O/c1-23-18(26-13-15-5-2-3-6-16(15)29-19(20,21)22)25-12-14-7-9-24-17(11-14)28-10-4-8-27-28/h2-11H,12-13H2,1H3,(H2,23,25,26). The van der Waals surface area contributed by atoms with E-state index < -0.39 is 6.36 Å². The van der Waals surface area contributed by atoms with Gasteiger partial charge in [0.05, 0.1) is 0 Å². The van der Waals surface area contributed by atoms with Crippen LogP contribution in [0.15, 0.2) is 66.0 Å². The van der Waals surface area contributed by atoms with Crippen LogP contribution in [0.25, 0.3) is 5.82 Å². The summed E-state index contributed by atoms with van der Waals surface area (Å²) in [5.74, 6) is 0.862. The van der Waals surface area contributed by atoms with Gasteiger partial charge in [0.15, 0.2) is 11.8 Å². The molecule has 2 heterocycles. The third kappa shape index (κ3) is 5.96.